The van der Waals surface area contributed by atoms with Gasteiger partial charge in [0.15, 0.2) is 10.4 Å². The molecule has 0 spiro atoms. The van der Waals surface area contributed by atoms with Crippen LogP contribution in [0, 0.1) is 0 Å². The minimum atomic E-state index is -0.417. The van der Waals surface area contributed by atoms with E-state index in [0.717, 1.165) is 5.56 Å². The number of anilines is 1. The fourth-order valence-corrected chi connectivity index (χ4v) is 2.93. The van der Waals surface area contributed by atoms with Crippen molar-refractivity contribution in [1.82, 2.24) is 10.6 Å². The first-order chi connectivity index (χ1) is 14.0. The molecule has 0 fully saturated rings. The van der Waals surface area contributed by atoms with Crippen molar-refractivity contribution in [2.45, 2.75) is 6.54 Å². The van der Waals surface area contributed by atoms with Gasteiger partial charge in [-0.3, -0.25) is 14.4 Å². The molecular formula is C21H18BrN3O4. The van der Waals surface area contributed by atoms with Gasteiger partial charge in [0.25, 0.3) is 17.7 Å². The SMILES string of the molecule is CNC(=O)c1cccc(CNC(=O)c2cccc(NC(=O)c3ccc(Br)o3)c2)c1. The van der Waals surface area contributed by atoms with E-state index in [9.17, 15) is 14.4 Å². The van der Waals surface area contributed by atoms with Gasteiger partial charge < -0.3 is 20.4 Å². The first kappa shape index (κ1) is 20.3. The second-order valence-electron chi connectivity index (χ2n) is 6.10. The standard InChI is InChI=1S/C21H18BrN3O4/c1-23-19(26)14-5-2-4-13(10-14)12-24-20(27)15-6-3-7-16(11-15)25-21(28)17-8-9-18(22)29-17/h2-11H,12H2,1H3,(H,23,26)(H,24,27)(H,25,28). The topological polar surface area (TPSA) is 100 Å². The molecule has 29 heavy (non-hydrogen) atoms. The van der Waals surface area contributed by atoms with Crippen LogP contribution in [0.2, 0.25) is 0 Å². The van der Waals surface area contributed by atoms with Gasteiger partial charge in [0.05, 0.1) is 0 Å². The maximum Gasteiger partial charge on any atom is 0.291 e. The lowest BCUT2D eigenvalue weighted by Crippen LogP contribution is -2.23. The van der Waals surface area contributed by atoms with Crippen LogP contribution >= 0.6 is 15.9 Å². The molecule has 0 aliphatic carbocycles. The summed E-state index contributed by atoms with van der Waals surface area (Å²) >= 11 is 3.15. The van der Waals surface area contributed by atoms with Crippen LogP contribution < -0.4 is 16.0 Å². The largest absolute Gasteiger partial charge is 0.444 e. The predicted octanol–water partition coefficient (Wildman–Crippen LogP) is 3.58. The van der Waals surface area contributed by atoms with Crippen LogP contribution in [-0.2, 0) is 6.54 Å². The van der Waals surface area contributed by atoms with Crippen molar-refractivity contribution >= 4 is 39.3 Å². The summed E-state index contributed by atoms with van der Waals surface area (Å²) < 4.78 is 5.67. The highest BCUT2D eigenvalue weighted by Crippen LogP contribution is 2.17. The quantitative estimate of drug-likeness (QED) is 0.528. The van der Waals surface area contributed by atoms with E-state index >= 15 is 0 Å². The Morgan fingerprint density at radius 2 is 1.62 bits per heavy atom. The van der Waals surface area contributed by atoms with Crippen LogP contribution in [0.4, 0.5) is 5.69 Å². The first-order valence-corrected chi connectivity index (χ1v) is 9.51. The van der Waals surface area contributed by atoms with Gasteiger partial charge in [0, 0.05) is 30.4 Å². The van der Waals surface area contributed by atoms with Gasteiger partial charge in [-0.25, -0.2) is 0 Å². The predicted molar refractivity (Wildman–Crippen MR) is 112 cm³/mol. The van der Waals surface area contributed by atoms with Gasteiger partial charge in [-0.2, -0.15) is 0 Å². The zero-order valence-electron chi connectivity index (χ0n) is 15.5. The third-order valence-electron chi connectivity index (χ3n) is 4.05. The molecule has 3 amide bonds. The highest BCUT2D eigenvalue weighted by molar-refractivity contribution is 9.10. The molecule has 1 aromatic heterocycles. The van der Waals surface area contributed by atoms with E-state index < -0.39 is 5.91 Å². The van der Waals surface area contributed by atoms with E-state index in [1.807, 2.05) is 6.07 Å². The molecule has 148 valence electrons. The van der Waals surface area contributed by atoms with E-state index in [1.54, 1.807) is 61.6 Å². The van der Waals surface area contributed by atoms with Crippen molar-refractivity contribution in [2.75, 3.05) is 12.4 Å². The zero-order valence-corrected chi connectivity index (χ0v) is 17.1. The lowest BCUT2D eigenvalue weighted by atomic mass is 10.1. The van der Waals surface area contributed by atoms with Crippen LogP contribution in [0.1, 0.15) is 36.8 Å². The van der Waals surface area contributed by atoms with Crippen LogP contribution in [-0.4, -0.2) is 24.8 Å². The number of nitrogens with one attached hydrogen (secondary N) is 3. The summed E-state index contributed by atoms with van der Waals surface area (Å²) in [7, 11) is 1.56. The molecule has 0 radical (unpaired) electrons. The third kappa shape index (κ3) is 5.32. The van der Waals surface area contributed by atoms with Crippen molar-refractivity contribution in [3.05, 3.63) is 87.8 Å². The Morgan fingerprint density at radius 3 is 2.31 bits per heavy atom. The summed E-state index contributed by atoms with van der Waals surface area (Å²) in [5.41, 5.74) is 2.18. The van der Waals surface area contributed by atoms with Gasteiger partial charge >= 0.3 is 0 Å². The smallest absolute Gasteiger partial charge is 0.291 e. The minimum absolute atomic E-state index is 0.155. The maximum absolute atomic E-state index is 12.5. The highest BCUT2D eigenvalue weighted by atomic mass is 79.9. The Hall–Kier alpha value is -3.39. The number of hydrogen-bond donors (Lipinski definition) is 3. The molecule has 0 saturated carbocycles. The van der Waals surface area contributed by atoms with E-state index in [4.69, 9.17) is 4.42 Å². The van der Waals surface area contributed by atoms with E-state index in [1.165, 1.54) is 0 Å². The Morgan fingerprint density at radius 1 is 0.897 bits per heavy atom. The number of carbonyl (C=O) groups excluding carboxylic acids is 3. The molecule has 3 rings (SSSR count). The number of furan rings is 1. The number of rotatable bonds is 6. The number of halogens is 1. The van der Waals surface area contributed by atoms with Gasteiger partial charge in [-0.05, 0) is 64.0 Å². The van der Waals surface area contributed by atoms with Gasteiger partial charge in [0.2, 0.25) is 0 Å². The van der Waals surface area contributed by atoms with Crippen molar-refractivity contribution < 1.29 is 18.8 Å². The fourth-order valence-electron chi connectivity index (χ4n) is 2.62. The second-order valence-corrected chi connectivity index (χ2v) is 6.88. The minimum Gasteiger partial charge on any atom is -0.444 e. The molecule has 1 heterocycles. The van der Waals surface area contributed by atoms with Crippen LogP contribution in [0.3, 0.4) is 0 Å². The summed E-state index contributed by atoms with van der Waals surface area (Å²) in [4.78, 5) is 36.4. The molecule has 2 aromatic carbocycles. The third-order valence-corrected chi connectivity index (χ3v) is 4.48. The Kier molecular flexibility index (Phi) is 6.46. The van der Waals surface area contributed by atoms with E-state index in [-0.39, 0.29) is 24.1 Å². The van der Waals surface area contributed by atoms with Gasteiger partial charge in [0.1, 0.15) is 0 Å². The molecule has 3 aromatic rings. The van der Waals surface area contributed by atoms with Crippen LogP contribution in [0.15, 0.2) is 69.8 Å². The molecular weight excluding hydrogens is 438 g/mol. The van der Waals surface area contributed by atoms with Crippen molar-refractivity contribution in [2.24, 2.45) is 0 Å². The lowest BCUT2D eigenvalue weighted by Gasteiger charge is -2.09. The normalized spacial score (nSPS) is 10.3. The van der Waals surface area contributed by atoms with E-state index in [0.29, 0.717) is 21.5 Å². The van der Waals surface area contributed by atoms with Crippen molar-refractivity contribution in [3.8, 4) is 0 Å². The Labute approximate surface area is 175 Å². The molecule has 0 atom stereocenters. The van der Waals surface area contributed by atoms with Gasteiger partial charge in [-0.15, -0.1) is 0 Å². The summed E-state index contributed by atoms with van der Waals surface area (Å²) in [6.07, 6.45) is 0. The van der Waals surface area contributed by atoms with E-state index in [2.05, 4.69) is 31.9 Å². The first-order valence-electron chi connectivity index (χ1n) is 8.72. The van der Waals surface area contributed by atoms with Crippen LogP contribution in [0.25, 0.3) is 0 Å². The number of amides is 3. The maximum atomic E-state index is 12.5. The lowest BCUT2D eigenvalue weighted by molar-refractivity contribution is 0.0947. The van der Waals surface area contributed by atoms with Crippen molar-refractivity contribution in [3.63, 3.8) is 0 Å². The van der Waals surface area contributed by atoms with Gasteiger partial charge in [-0.1, -0.05) is 18.2 Å². The molecule has 3 N–H and O–H groups in total. The molecule has 0 unspecified atom stereocenters. The summed E-state index contributed by atoms with van der Waals surface area (Å²) in [5, 5.41) is 8.06. The highest BCUT2D eigenvalue weighted by Gasteiger charge is 2.12. The molecule has 7 nitrogen and oxygen atoms in total. The number of hydrogen-bond acceptors (Lipinski definition) is 4. The van der Waals surface area contributed by atoms with Crippen molar-refractivity contribution in [1.29, 1.82) is 0 Å². The average molecular weight is 456 g/mol. The number of carbonyl (C=O) groups is 3. The number of benzene rings is 2. The fraction of sp³-hybridized carbons (Fsp3) is 0.0952. The average Bonchev–Trinajstić information content (AvgIpc) is 3.18. The summed E-state index contributed by atoms with van der Waals surface area (Å²) in [5.74, 6) is -0.751. The Bertz CT molecular complexity index is 1060. The molecule has 0 bridgehead atoms. The monoisotopic (exact) mass is 455 g/mol. The van der Waals surface area contributed by atoms with Crippen LogP contribution in [0.5, 0.6) is 0 Å². The second kappa shape index (κ2) is 9.20. The Balaban J connectivity index is 1.63. The zero-order chi connectivity index (χ0) is 20.8. The molecule has 0 aliphatic heterocycles. The molecule has 8 heteroatoms. The summed E-state index contributed by atoms with van der Waals surface area (Å²) in [6.45, 7) is 0.265. The molecule has 0 saturated heterocycles. The summed E-state index contributed by atoms with van der Waals surface area (Å²) in [6, 6.07) is 16.8. The molecule has 0 aliphatic rings.